The first kappa shape index (κ1) is 39.2. The van der Waals surface area contributed by atoms with E-state index in [4.69, 9.17) is 0 Å². The summed E-state index contributed by atoms with van der Waals surface area (Å²) in [5.74, 6) is 0. The Kier molecular flexibility index (Phi) is 8.08. The molecule has 0 heterocycles. The normalized spacial score (nSPS) is 15.1. The predicted octanol–water partition coefficient (Wildman–Crippen LogP) is 17.4. The van der Waals surface area contributed by atoms with Gasteiger partial charge in [0.05, 0.1) is 11.1 Å². The molecule has 0 saturated carbocycles. The molecule has 0 unspecified atom stereocenters. The van der Waals surface area contributed by atoms with Crippen molar-refractivity contribution in [1.29, 1.82) is 0 Å². The number of hydrogen-bond donors (Lipinski definition) is 0. The fraction of sp³-hybridized carbons (Fsp3) is 0.104. The third-order valence-electron chi connectivity index (χ3n) is 16.3. The molecule has 68 heavy (non-hydrogen) atoms. The maximum absolute atomic E-state index is 2.59. The Balaban J connectivity index is 1.03. The van der Waals surface area contributed by atoms with Crippen LogP contribution in [0.2, 0.25) is 0 Å². The first-order valence-corrected chi connectivity index (χ1v) is 24.2. The Bertz CT molecular complexity index is 3690. The number of hydrogen-bond acceptors (Lipinski definition) is 1. The standard InChI is InChI=1S/C67H49N/c1-65(2)55-25-14-11-22-48(55)52-36-32-46(40-60(52)65)68(47-33-37-53-51-34-30-44(42-18-7-5-8-19-42)38-59(51)66(3,4)61(53)41-47)63-29-17-28-58-64(63)54-35-31-45(43-20-9-6-10-21-43)39-62(54)67(58)56-26-15-12-23-49(56)50-24-13-16-27-57(50)67/h5-41H,1-4H3. The predicted molar refractivity (Wildman–Crippen MR) is 283 cm³/mol. The molecular weight excluding hydrogens is 819 g/mol. The summed E-state index contributed by atoms with van der Waals surface area (Å²) in [6.07, 6.45) is 0. The van der Waals surface area contributed by atoms with Crippen molar-refractivity contribution in [3.63, 3.8) is 0 Å². The molecule has 1 nitrogen and oxygen atoms in total. The maximum atomic E-state index is 2.59. The lowest BCUT2D eigenvalue weighted by atomic mass is 9.70. The number of nitrogens with zero attached hydrogens (tertiary/aromatic N) is 1. The van der Waals surface area contributed by atoms with Gasteiger partial charge in [0, 0.05) is 27.8 Å². The van der Waals surface area contributed by atoms with Crippen molar-refractivity contribution in [2.45, 2.75) is 43.9 Å². The molecule has 4 aliphatic rings. The average Bonchev–Trinajstić information content (AvgIpc) is 4.02. The van der Waals surface area contributed by atoms with E-state index >= 15 is 0 Å². The van der Waals surface area contributed by atoms with Crippen LogP contribution in [0, 0.1) is 0 Å². The van der Waals surface area contributed by atoms with Gasteiger partial charge in [-0.2, -0.15) is 0 Å². The molecule has 4 aliphatic carbocycles. The van der Waals surface area contributed by atoms with Gasteiger partial charge in [-0.3, -0.25) is 0 Å². The van der Waals surface area contributed by atoms with Crippen LogP contribution in [0.15, 0.2) is 224 Å². The smallest absolute Gasteiger partial charge is 0.0726 e. The molecule has 0 atom stereocenters. The molecule has 0 amide bonds. The number of rotatable bonds is 5. The minimum Gasteiger partial charge on any atom is -0.310 e. The van der Waals surface area contributed by atoms with Crippen LogP contribution in [-0.2, 0) is 16.2 Å². The second-order valence-corrected chi connectivity index (χ2v) is 20.4. The lowest BCUT2D eigenvalue weighted by molar-refractivity contribution is 0.660. The second-order valence-electron chi connectivity index (χ2n) is 20.4. The molecule has 322 valence electrons. The Labute approximate surface area is 399 Å². The van der Waals surface area contributed by atoms with Crippen LogP contribution in [0.25, 0.3) is 66.8 Å². The van der Waals surface area contributed by atoms with Crippen molar-refractivity contribution in [2.24, 2.45) is 0 Å². The first-order chi connectivity index (χ1) is 33.2. The van der Waals surface area contributed by atoms with E-state index in [9.17, 15) is 0 Å². The van der Waals surface area contributed by atoms with Crippen molar-refractivity contribution in [2.75, 3.05) is 4.90 Å². The van der Waals surface area contributed by atoms with E-state index in [-0.39, 0.29) is 10.8 Å². The summed E-state index contributed by atoms with van der Waals surface area (Å²) >= 11 is 0. The average molecular weight is 868 g/mol. The number of benzene rings is 10. The van der Waals surface area contributed by atoms with Crippen LogP contribution in [0.1, 0.15) is 72.2 Å². The zero-order valence-electron chi connectivity index (χ0n) is 38.8. The molecule has 1 heteroatoms. The van der Waals surface area contributed by atoms with Crippen LogP contribution in [0.4, 0.5) is 17.1 Å². The molecular formula is C67H49N. The summed E-state index contributed by atoms with van der Waals surface area (Å²) in [6.45, 7) is 9.61. The van der Waals surface area contributed by atoms with Crippen molar-refractivity contribution < 1.29 is 0 Å². The zero-order chi connectivity index (χ0) is 45.5. The second kappa shape index (κ2) is 14.0. The number of fused-ring (bicyclic) bond motifs is 16. The van der Waals surface area contributed by atoms with E-state index in [1.54, 1.807) is 0 Å². The van der Waals surface area contributed by atoms with Crippen molar-refractivity contribution in [1.82, 2.24) is 0 Å². The third-order valence-corrected chi connectivity index (χ3v) is 16.3. The monoisotopic (exact) mass is 867 g/mol. The Morgan fingerprint density at radius 1 is 0.265 bits per heavy atom. The summed E-state index contributed by atoms with van der Waals surface area (Å²) in [7, 11) is 0. The molecule has 0 bridgehead atoms. The fourth-order valence-electron chi connectivity index (χ4n) is 13.1. The van der Waals surface area contributed by atoms with Crippen LogP contribution >= 0.6 is 0 Å². The SMILES string of the molecule is CC1(C)c2ccccc2-c2ccc(N(c3ccc4c(c3)C(C)(C)c3cc(-c5ccccc5)ccc3-4)c3cccc4c3-c3ccc(-c5ccccc5)cc3C43c4ccccc4-c4ccccc43)cc21. The van der Waals surface area contributed by atoms with Gasteiger partial charge in [0.1, 0.15) is 0 Å². The number of anilines is 3. The summed E-state index contributed by atoms with van der Waals surface area (Å²) in [5, 5.41) is 0. The van der Waals surface area contributed by atoms with Crippen LogP contribution in [0.3, 0.4) is 0 Å². The van der Waals surface area contributed by atoms with E-state index in [2.05, 4.69) is 257 Å². The molecule has 1 spiro atoms. The highest BCUT2D eigenvalue weighted by Crippen LogP contribution is 2.65. The van der Waals surface area contributed by atoms with Gasteiger partial charge >= 0.3 is 0 Å². The molecule has 0 N–H and O–H groups in total. The minimum absolute atomic E-state index is 0.161. The quantitative estimate of drug-likeness (QED) is 0.167. The lowest BCUT2D eigenvalue weighted by Gasteiger charge is -2.33. The van der Waals surface area contributed by atoms with E-state index in [1.807, 2.05) is 0 Å². The molecule has 0 aliphatic heterocycles. The summed E-state index contributed by atoms with van der Waals surface area (Å²) in [5.41, 5.74) is 28.9. The Morgan fingerprint density at radius 2 is 0.662 bits per heavy atom. The lowest BCUT2D eigenvalue weighted by Crippen LogP contribution is -2.26. The van der Waals surface area contributed by atoms with Gasteiger partial charge in [-0.1, -0.05) is 210 Å². The van der Waals surface area contributed by atoms with E-state index in [0.717, 1.165) is 11.4 Å². The molecule has 10 aromatic rings. The van der Waals surface area contributed by atoms with Gasteiger partial charge in [-0.05, 0) is 148 Å². The van der Waals surface area contributed by atoms with Crippen molar-refractivity contribution in [3.05, 3.63) is 269 Å². The maximum Gasteiger partial charge on any atom is 0.0726 e. The third kappa shape index (κ3) is 5.17. The highest BCUT2D eigenvalue weighted by atomic mass is 15.1. The molecule has 0 fully saturated rings. The van der Waals surface area contributed by atoms with Gasteiger partial charge in [0.2, 0.25) is 0 Å². The van der Waals surface area contributed by atoms with Gasteiger partial charge < -0.3 is 4.90 Å². The van der Waals surface area contributed by atoms with Gasteiger partial charge in [0.25, 0.3) is 0 Å². The molecule has 0 aromatic heterocycles. The van der Waals surface area contributed by atoms with Crippen LogP contribution in [0.5, 0.6) is 0 Å². The molecule has 0 radical (unpaired) electrons. The Morgan fingerprint density at radius 3 is 1.22 bits per heavy atom. The van der Waals surface area contributed by atoms with Gasteiger partial charge in [-0.25, -0.2) is 0 Å². The van der Waals surface area contributed by atoms with E-state index in [1.165, 1.54) is 117 Å². The molecule has 14 rings (SSSR count). The largest absolute Gasteiger partial charge is 0.310 e. The summed E-state index contributed by atoms with van der Waals surface area (Å²) in [4.78, 5) is 2.59. The highest BCUT2D eigenvalue weighted by Gasteiger charge is 2.53. The van der Waals surface area contributed by atoms with Crippen LogP contribution in [-0.4, -0.2) is 0 Å². The van der Waals surface area contributed by atoms with Crippen LogP contribution < -0.4 is 4.90 Å². The summed E-state index contributed by atoms with van der Waals surface area (Å²) < 4.78 is 0. The highest BCUT2D eigenvalue weighted by molar-refractivity contribution is 6.02. The molecule has 0 saturated heterocycles. The van der Waals surface area contributed by atoms with Crippen molar-refractivity contribution in [3.8, 4) is 66.8 Å². The van der Waals surface area contributed by atoms with E-state index < -0.39 is 5.41 Å². The fourth-order valence-corrected chi connectivity index (χ4v) is 13.1. The molecule has 10 aromatic carbocycles. The minimum atomic E-state index is -0.510. The first-order valence-electron chi connectivity index (χ1n) is 24.2. The van der Waals surface area contributed by atoms with Gasteiger partial charge in [0.15, 0.2) is 0 Å². The zero-order valence-corrected chi connectivity index (χ0v) is 38.8. The van der Waals surface area contributed by atoms with Gasteiger partial charge in [-0.15, -0.1) is 0 Å². The van der Waals surface area contributed by atoms with Crippen molar-refractivity contribution >= 4 is 17.1 Å². The Hall–Kier alpha value is -8.00. The summed E-state index contributed by atoms with van der Waals surface area (Å²) in [6, 6.07) is 85.0. The topological polar surface area (TPSA) is 3.24 Å². The van der Waals surface area contributed by atoms with E-state index in [0.29, 0.717) is 0 Å².